The van der Waals surface area contributed by atoms with Crippen LogP contribution in [0.4, 0.5) is 0 Å². The van der Waals surface area contributed by atoms with E-state index in [0.717, 1.165) is 54.3 Å². The molecule has 0 saturated heterocycles. The van der Waals surface area contributed by atoms with Crippen LogP contribution >= 0.6 is 0 Å². The minimum Gasteiger partial charge on any atom is -0.464 e. The van der Waals surface area contributed by atoms with E-state index in [9.17, 15) is 4.79 Å². The number of hydrogen-bond donors (Lipinski definition) is 0. The molecule has 0 radical (unpaired) electrons. The number of hydrogen-bond acceptors (Lipinski definition) is 2. The Bertz CT molecular complexity index is 680. The van der Waals surface area contributed by atoms with Crippen molar-refractivity contribution in [1.29, 1.82) is 0 Å². The number of rotatable bonds is 7. The first-order valence-electron chi connectivity index (χ1n) is 13.5. The van der Waals surface area contributed by atoms with Crippen LogP contribution in [-0.2, 0) is 9.53 Å². The zero-order valence-electron chi connectivity index (χ0n) is 21.2. The van der Waals surface area contributed by atoms with Crippen LogP contribution in [0.1, 0.15) is 106 Å². The largest absolute Gasteiger partial charge is 0.464 e. The lowest BCUT2D eigenvalue weighted by Gasteiger charge is -2.58. The van der Waals surface area contributed by atoms with Gasteiger partial charge in [-0.25, -0.2) is 0 Å². The molecule has 0 aromatic rings. The molecule has 4 aliphatic carbocycles. The van der Waals surface area contributed by atoms with Crippen LogP contribution in [0.3, 0.4) is 0 Å². The first kappa shape index (κ1) is 23.4. The molecule has 3 fully saturated rings. The van der Waals surface area contributed by atoms with E-state index in [2.05, 4.69) is 47.6 Å². The Labute approximate surface area is 192 Å². The van der Waals surface area contributed by atoms with Gasteiger partial charge in [0.1, 0.15) is 6.10 Å². The van der Waals surface area contributed by atoms with E-state index in [-0.39, 0.29) is 6.10 Å². The summed E-state index contributed by atoms with van der Waals surface area (Å²) in [6, 6.07) is 0. The Hall–Kier alpha value is -0.790. The number of fused-ring (bicyclic) bond motifs is 5. The van der Waals surface area contributed by atoms with Gasteiger partial charge in [-0.2, -0.15) is 0 Å². The van der Waals surface area contributed by atoms with Crippen LogP contribution in [0, 0.1) is 52.3 Å². The van der Waals surface area contributed by atoms with Crippen LogP contribution in [-0.4, -0.2) is 12.6 Å². The van der Waals surface area contributed by atoms with E-state index >= 15 is 0 Å². The van der Waals surface area contributed by atoms with Crippen molar-refractivity contribution in [2.45, 2.75) is 112 Å². The van der Waals surface area contributed by atoms with Gasteiger partial charge in [-0.3, -0.25) is 4.79 Å². The maximum absolute atomic E-state index is 10.9. The summed E-state index contributed by atoms with van der Waals surface area (Å²) < 4.78 is 5.37. The lowest BCUT2D eigenvalue weighted by molar-refractivity contribution is -0.136. The third-order valence-electron chi connectivity index (χ3n) is 11.3. The SMILES string of the molecule is CC(C)C(C)CCC(C)C1CCC2C3CC=C4CC(OC=O)CCC4(C)C3CCC12C. The van der Waals surface area contributed by atoms with Gasteiger partial charge in [0.05, 0.1) is 0 Å². The summed E-state index contributed by atoms with van der Waals surface area (Å²) in [5.74, 6) is 6.09. The van der Waals surface area contributed by atoms with Gasteiger partial charge in [0, 0.05) is 6.42 Å². The van der Waals surface area contributed by atoms with Gasteiger partial charge >= 0.3 is 0 Å². The van der Waals surface area contributed by atoms with E-state index in [4.69, 9.17) is 4.74 Å². The number of ether oxygens (including phenoxy) is 1. The zero-order chi connectivity index (χ0) is 22.4. The lowest BCUT2D eigenvalue weighted by Crippen LogP contribution is -2.51. The van der Waals surface area contributed by atoms with E-state index < -0.39 is 0 Å². The second-order valence-corrected chi connectivity index (χ2v) is 12.9. The smallest absolute Gasteiger partial charge is 0.293 e. The molecule has 2 nitrogen and oxygen atoms in total. The highest BCUT2D eigenvalue weighted by Gasteiger charge is 2.59. The molecule has 9 atom stereocenters. The summed E-state index contributed by atoms with van der Waals surface area (Å²) in [5.41, 5.74) is 2.52. The maximum Gasteiger partial charge on any atom is 0.293 e. The van der Waals surface area contributed by atoms with Gasteiger partial charge in [0.2, 0.25) is 0 Å². The van der Waals surface area contributed by atoms with Crippen LogP contribution < -0.4 is 0 Å². The minimum absolute atomic E-state index is 0.118. The van der Waals surface area contributed by atoms with E-state index in [1.54, 1.807) is 5.57 Å². The fourth-order valence-corrected chi connectivity index (χ4v) is 8.86. The van der Waals surface area contributed by atoms with Crippen molar-refractivity contribution in [2.24, 2.45) is 52.3 Å². The molecule has 31 heavy (non-hydrogen) atoms. The fraction of sp³-hybridized carbons (Fsp3) is 0.897. The molecule has 0 N–H and O–H groups in total. The average Bonchev–Trinajstić information content (AvgIpc) is 3.09. The zero-order valence-corrected chi connectivity index (χ0v) is 21.2. The van der Waals surface area contributed by atoms with Crippen LogP contribution in [0.2, 0.25) is 0 Å². The molecule has 3 saturated carbocycles. The van der Waals surface area contributed by atoms with Crippen LogP contribution in [0.5, 0.6) is 0 Å². The number of carbonyl (C=O) groups is 1. The predicted molar refractivity (Wildman–Crippen MR) is 129 cm³/mol. The monoisotopic (exact) mass is 428 g/mol. The topological polar surface area (TPSA) is 26.3 Å². The van der Waals surface area contributed by atoms with Crippen molar-refractivity contribution in [3.05, 3.63) is 11.6 Å². The predicted octanol–water partition coefficient (Wildman–Crippen LogP) is 7.82. The van der Waals surface area contributed by atoms with E-state index in [1.807, 2.05) is 0 Å². The first-order chi connectivity index (χ1) is 14.7. The van der Waals surface area contributed by atoms with Crippen molar-refractivity contribution >= 4 is 6.47 Å². The molecule has 176 valence electrons. The Balaban J connectivity index is 1.47. The molecular formula is C29H48O2. The summed E-state index contributed by atoms with van der Waals surface area (Å²) >= 11 is 0. The summed E-state index contributed by atoms with van der Waals surface area (Å²) in [4.78, 5) is 10.9. The summed E-state index contributed by atoms with van der Waals surface area (Å²) in [5, 5.41) is 0. The molecule has 9 unspecified atom stereocenters. The Morgan fingerprint density at radius 3 is 2.52 bits per heavy atom. The van der Waals surface area contributed by atoms with Gasteiger partial charge in [0.15, 0.2) is 0 Å². The van der Waals surface area contributed by atoms with Gasteiger partial charge in [0.25, 0.3) is 6.47 Å². The Kier molecular flexibility index (Phi) is 6.68. The number of carbonyl (C=O) groups excluding carboxylic acids is 1. The number of allylic oxidation sites excluding steroid dienone is 1. The quantitative estimate of drug-likeness (QED) is 0.305. The summed E-state index contributed by atoms with van der Waals surface area (Å²) in [6.45, 7) is 15.7. The lowest BCUT2D eigenvalue weighted by atomic mass is 9.47. The van der Waals surface area contributed by atoms with Crippen molar-refractivity contribution in [3.8, 4) is 0 Å². The second-order valence-electron chi connectivity index (χ2n) is 12.9. The molecule has 0 spiro atoms. The maximum atomic E-state index is 10.9. The van der Waals surface area contributed by atoms with Gasteiger partial charge in [-0.15, -0.1) is 0 Å². The normalized spacial score (nSPS) is 44.0. The molecule has 0 heterocycles. The summed E-state index contributed by atoms with van der Waals surface area (Å²) in [7, 11) is 0. The third kappa shape index (κ3) is 4.04. The van der Waals surface area contributed by atoms with Gasteiger partial charge in [-0.1, -0.05) is 66.0 Å². The molecule has 4 rings (SSSR count). The Morgan fingerprint density at radius 1 is 1.03 bits per heavy atom. The molecule has 0 bridgehead atoms. The molecule has 0 aromatic carbocycles. The minimum atomic E-state index is 0.118. The standard InChI is InChI=1S/C29H48O2/c1-19(2)20(3)7-8-21(4)25-11-12-26-24-10-9-22-17-23(31-18-30)13-15-28(22,5)27(24)14-16-29(25,26)6/h9,18-21,23-27H,7-8,10-17H2,1-6H3. The first-order valence-corrected chi connectivity index (χ1v) is 13.5. The third-order valence-corrected chi connectivity index (χ3v) is 11.3. The molecule has 2 heteroatoms. The van der Waals surface area contributed by atoms with Crippen molar-refractivity contribution in [2.75, 3.05) is 0 Å². The fourth-order valence-electron chi connectivity index (χ4n) is 8.86. The highest BCUT2D eigenvalue weighted by Crippen LogP contribution is 2.67. The average molecular weight is 429 g/mol. The molecule has 4 aliphatic rings. The molecular weight excluding hydrogens is 380 g/mol. The molecule has 0 amide bonds. The summed E-state index contributed by atoms with van der Waals surface area (Å²) in [6.07, 6.45) is 15.8. The van der Waals surface area contributed by atoms with Crippen molar-refractivity contribution in [1.82, 2.24) is 0 Å². The highest BCUT2D eigenvalue weighted by atomic mass is 16.5. The van der Waals surface area contributed by atoms with Gasteiger partial charge < -0.3 is 4.74 Å². The Morgan fingerprint density at radius 2 is 1.81 bits per heavy atom. The van der Waals surface area contributed by atoms with Crippen molar-refractivity contribution in [3.63, 3.8) is 0 Å². The second kappa shape index (κ2) is 8.86. The van der Waals surface area contributed by atoms with E-state index in [1.165, 1.54) is 51.4 Å². The molecule has 0 aliphatic heterocycles. The molecule has 0 aromatic heterocycles. The highest BCUT2D eigenvalue weighted by molar-refractivity contribution is 5.38. The van der Waals surface area contributed by atoms with Crippen LogP contribution in [0.15, 0.2) is 11.6 Å². The van der Waals surface area contributed by atoms with Gasteiger partial charge in [-0.05, 0) is 97.2 Å². The van der Waals surface area contributed by atoms with Crippen LogP contribution in [0.25, 0.3) is 0 Å². The van der Waals surface area contributed by atoms with Crippen molar-refractivity contribution < 1.29 is 9.53 Å². The van der Waals surface area contributed by atoms with E-state index in [0.29, 0.717) is 17.3 Å².